The maximum absolute atomic E-state index is 3.79. The largest absolute Gasteiger partial charge is 0.314 e. The fraction of sp³-hybridized carbons (Fsp3) is 1.00. The van der Waals surface area contributed by atoms with E-state index in [-0.39, 0.29) is 0 Å². The van der Waals surface area contributed by atoms with E-state index < -0.39 is 0 Å². The number of nitrogens with one attached hydrogen (secondary N) is 2. The number of hydrogen-bond acceptors (Lipinski definition) is 3. The van der Waals surface area contributed by atoms with E-state index in [1.54, 1.807) is 0 Å². The molecule has 2 aliphatic rings. The first-order chi connectivity index (χ1) is 9.24. The minimum absolute atomic E-state index is 0.622. The summed E-state index contributed by atoms with van der Waals surface area (Å²) >= 11 is 0. The molecule has 2 heterocycles. The van der Waals surface area contributed by atoms with Gasteiger partial charge < -0.3 is 15.5 Å². The van der Waals surface area contributed by atoms with Gasteiger partial charge in [-0.15, -0.1) is 0 Å². The van der Waals surface area contributed by atoms with Gasteiger partial charge in [0.25, 0.3) is 0 Å². The molecule has 3 nitrogen and oxygen atoms in total. The fourth-order valence-electron chi connectivity index (χ4n) is 3.69. The Morgan fingerprint density at radius 2 is 1.84 bits per heavy atom. The molecule has 19 heavy (non-hydrogen) atoms. The van der Waals surface area contributed by atoms with Crippen LogP contribution >= 0.6 is 0 Å². The fourth-order valence-corrected chi connectivity index (χ4v) is 3.69. The molecule has 0 bridgehead atoms. The Morgan fingerprint density at radius 1 is 1.05 bits per heavy atom. The second kappa shape index (κ2) is 8.23. The molecule has 0 aromatic rings. The van der Waals surface area contributed by atoms with Crippen molar-refractivity contribution in [3.05, 3.63) is 0 Å². The van der Waals surface area contributed by atoms with E-state index in [2.05, 4.69) is 29.4 Å². The highest BCUT2D eigenvalue weighted by molar-refractivity contribution is 4.79. The van der Waals surface area contributed by atoms with Gasteiger partial charge in [0.05, 0.1) is 0 Å². The van der Waals surface area contributed by atoms with Crippen LogP contribution in [0.15, 0.2) is 0 Å². The first-order valence-corrected chi connectivity index (χ1v) is 8.46. The Balaban J connectivity index is 1.61. The van der Waals surface area contributed by atoms with Crippen molar-refractivity contribution in [3.8, 4) is 0 Å². The van der Waals surface area contributed by atoms with Crippen LogP contribution in [0.1, 0.15) is 58.8 Å². The van der Waals surface area contributed by atoms with Crippen molar-refractivity contribution in [3.63, 3.8) is 0 Å². The van der Waals surface area contributed by atoms with Gasteiger partial charge in [0.2, 0.25) is 0 Å². The second-order valence-electron chi connectivity index (χ2n) is 6.71. The number of nitrogens with zero attached hydrogens (tertiary/aromatic N) is 1. The Labute approximate surface area is 119 Å². The summed E-state index contributed by atoms with van der Waals surface area (Å²) in [5.74, 6) is 0. The van der Waals surface area contributed by atoms with Crippen LogP contribution < -0.4 is 10.6 Å². The normalized spacial score (nSPS) is 29.1. The lowest BCUT2D eigenvalue weighted by Crippen LogP contribution is -2.47. The standard InChI is InChI=1S/C16H33N3/c1-14(12-16-8-4-5-9-17-16)18-15(2)13-19-10-6-3-7-11-19/h14-18H,3-13H2,1-2H3. The molecule has 3 atom stereocenters. The predicted octanol–water partition coefficient (Wildman–Crippen LogP) is 2.37. The number of piperidine rings is 2. The Morgan fingerprint density at radius 3 is 2.53 bits per heavy atom. The van der Waals surface area contributed by atoms with Crippen molar-refractivity contribution in [1.29, 1.82) is 0 Å². The van der Waals surface area contributed by atoms with E-state index in [1.165, 1.54) is 71.1 Å². The summed E-state index contributed by atoms with van der Waals surface area (Å²) in [5, 5.41) is 7.45. The van der Waals surface area contributed by atoms with Crippen molar-refractivity contribution in [1.82, 2.24) is 15.5 Å². The second-order valence-corrected chi connectivity index (χ2v) is 6.71. The van der Waals surface area contributed by atoms with Crippen molar-refractivity contribution < 1.29 is 0 Å². The molecule has 112 valence electrons. The topological polar surface area (TPSA) is 27.3 Å². The molecule has 0 aromatic heterocycles. The molecule has 0 spiro atoms. The molecule has 0 saturated carbocycles. The minimum Gasteiger partial charge on any atom is -0.314 e. The van der Waals surface area contributed by atoms with Crippen LogP contribution in [0.3, 0.4) is 0 Å². The predicted molar refractivity (Wildman–Crippen MR) is 82.6 cm³/mol. The summed E-state index contributed by atoms with van der Waals surface area (Å²) in [7, 11) is 0. The first-order valence-electron chi connectivity index (χ1n) is 8.46. The van der Waals surface area contributed by atoms with Crippen LogP contribution in [0.25, 0.3) is 0 Å². The highest BCUT2D eigenvalue weighted by Crippen LogP contribution is 2.13. The summed E-state index contributed by atoms with van der Waals surface area (Å²) < 4.78 is 0. The Bertz CT molecular complexity index is 208. The molecule has 0 aromatic carbocycles. The van der Waals surface area contributed by atoms with E-state index in [0.717, 1.165) is 6.04 Å². The third-order valence-corrected chi connectivity index (χ3v) is 4.60. The number of rotatable bonds is 6. The molecule has 2 saturated heterocycles. The summed E-state index contributed by atoms with van der Waals surface area (Å²) in [6.07, 6.45) is 9.65. The minimum atomic E-state index is 0.622. The summed E-state index contributed by atoms with van der Waals surface area (Å²) in [6, 6.07) is 2.01. The van der Waals surface area contributed by atoms with Crippen molar-refractivity contribution >= 4 is 0 Å². The zero-order valence-electron chi connectivity index (χ0n) is 13.0. The molecule has 2 aliphatic heterocycles. The van der Waals surface area contributed by atoms with Gasteiger partial charge in [-0.05, 0) is 65.6 Å². The molecule has 0 aliphatic carbocycles. The van der Waals surface area contributed by atoms with Gasteiger partial charge in [0.1, 0.15) is 0 Å². The molecule has 3 unspecified atom stereocenters. The van der Waals surface area contributed by atoms with E-state index in [1.807, 2.05) is 0 Å². The quantitative estimate of drug-likeness (QED) is 0.774. The van der Waals surface area contributed by atoms with Gasteiger partial charge in [-0.25, -0.2) is 0 Å². The monoisotopic (exact) mass is 267 g/mol. The van der Waals surface area contributed by atoms with Gasteiger partial charge >= 0.3 is 0 Å². The maximum atomic E-state index is 3.79. The zero-order chi connectivity index (χ0) is 13.5. The van der Waals surface area contributed by atoms with Crippen LogP contribution in [-0.4, -0.2) is 49.2 Å². The Kier molecular flexibility index (Phi) is 6.62. The van der Waals surface area contributed by atoms with Crippen LogP contribution in [-0.2, 0) is 0 Å². The summed E-state index contributed by atoms with van der Waals surface area (Å²) in [6.45, 7) is 9.76. The van der Waals surface area contributed by atoms with Crippen molar-refractivity contribution in [2.45, 2.75) is 76.9 Å². The molecule has 2 N–H and O–H groups in total. The van der Waals surface area contributed by atoms with Crippen LogP contribution in [0.2, 0.25) is 0 Å². The van der Waals surface area contributed by atoms with Gasteiger partial charge in [-0.1, -0.05) is 12.8 Å². The SMILES string of the molecule is CC(CC1CCCCN1)NC(C)CN1CCCCC1. The maximum Gasteiger partial charge on any atom is 0.0169 e. The molecular formula is C16H33N3. The highest BCUT2D eigenvalue weighted by atomic mass is 15.2. The highest BCUT2D eigenvalue weighted by Gasteiger charge is 2.18. The van der Waals surface area contributed by atoms with E-state index in [4.69, 9.17) is 0 Å². The number of hydrogen-bond donors (Lipinski definition) is 2. The zero-order valence-corrected chi connectivity index (χ0v) is 13.0. The third kappa shape index (κ3) is 5.80. The molecule has 3 heteroatoms. The molecule has 0 radical (unpaired) electrons. The summed E-state index contributed by atoms with van der Waals surface area (Å²) in [5.41, 5.74) is 0. The third-order valence-electron chi connectivity index (χ3n) is 4.60. The van der Waals surface area contributed by atoms with Gasteiger partial charge in [0.15, 0.2) is 0 Å². The Hall–Kier alpha value is -0.120. The van der Waals surface area contributed by atoms with E-state index in [9.17, 15) is 0 Å². The summed E-state index contributed by atoms with van der Waals surface area (Å²) in [4.78, 5) is 2.63. The lowest BCUT2D eigenvalue weighted by molar-refractivity contribution is 0.202. The van der Waals surface area contributed by atoms with Crippen molar-refractivity contribution in [2.24, 2.45) is 0 Å². The molecule has 2 fully saturated rings. The average molecular weight is 267 g/mol. The number of likely N-dealkylation sites (tertiary alicyclic amines) is 1. The van der Waals surface area contributed by atoms with Crippen LogP contribution in [0.5, 0.6) is 0 Å². The molecular weight excluding hydrogens is 234 g/mol. The average Bonchev–Trinajstić information content (AvgIpc) is 2.40. The van der Waals surface area contributed by atoms with Gasteiger partial charge in [-0.2, -0.15) is 0 Å². The van der Waals surface area contributed by atoms with Crippen LogP contribution in [0, 0.1) is 0 Å². The van der Waals surface area contributed by atoms with Gasteiger partial charge in [0, 0.05) is 24.7 Å². The van der Waals surface area contributed by atoms with Gasteiger partial charge in [-0.3, -0.25) is 0 Å². The molecule has 0 amide bonds. The molecule has 2 rings (SSSR count). The van der Waals surface area contributed by atoms with E-state index in [0.29, 0.717) is 12.1 Å². The smallest absolute Gasteiger partial charge is 0.0169 e. The lowest BCUT2D eigenvalue weighted by atomic mass is 9.98. The van der Waals surface area contributed by atoms with Crippen molar-refractivity contribution in [2.75, 3.05) is 26.2 Å². The lowest BCUT2D eigenvalue weighted by Gasteiger charge is -2.32. The van der Waals surface area contributed by atoms with Crippen LogP contribution in [0.4, 0.5) is 0 Å². The first kappa shape index (κ1) is 15.3. The van der Waals surface area contributed by atoms with E-state index >= 15 is 0 Å².